The number of piperidine rings is 1. The molecule has 1 heterocycles. The van der Waals surface area contributed by atoms with E-state index in [2.05, 4.69) is 74.5 Å². The molecule has 22 heavy (non-hydrogen) atoms. The Labute approximate surface area is 134 Å². The van der Waals surface area contributed by atoms with Gasteiger partial charge in [0.15, 0.2) is 0 Å². The Morgan fingerprint density at radius 1 is 1.23 bits per heavy atom. The maximum Gasteiger partial charge on any atom is 0.140 e. The minimum absolute atomic E-state index is 0.997. The highest BCUT2D eigenvalue weighted by atomic mass is 15.2. The molecule has 2 rings (SSSR count). The van der Waals surface area contributed by atoms with E-state index in [1.54, 1.807) is 6.20 Å². The van der Waals surface area contributed by atoms with Crippen LogP contribution >= 0.6 is 0 Å². The fourth-order valence-electron chi connectivity index (χ4n) is 3.05. The van der Waals surface area contributed by atoms with Crippen molar-refractivity contribution in [2.45, 2.75) is 40.5 Å². The molecule has 1 aromatic carbocycles. The molecule has 1 saturated heterocycles. The number of hydrogen-bond acceptors (Lipinski definition) is 1. The second kappa shape index (κ2) is 7.26. The summed E-state index contributed by atoms with van der Waals surface area (Å²) in [6.45, 7) is 13.3. The van der Waals surface area contributed by atoms with Crippen LogP contribution in [0, 0.1) is 13.8 Å². The second-order valence-corrected chi connectivity index (χ2v) is 5.70. The van der Waals surface area contributed by atoms with Crippen LogP contribution < -0.4 is 0 Å². The number of allylic oxidation sites excluding steroid dienone is 3. The Kier molecular flexibility index (Phi) is 5.37. The lowest BCUT2D eigenvalue weighted by atomic mass is 9.97. The van der Waals surface area contributed by atoms with E-state index >= 15 is 0 Å². The molecule has 0 atom stereocenters. The van der Waals surface area contributed by atoms with Gasteiger partial charge in [0.2, 0.25) is 0 Å². The van der Waals surface area contributed by atoms with Gasteiger partial charge in [-0.1, -0.05) is 36.4 Å². The van der Waals surface area contributed by atoms with E-state index in [-0.39, 0.29) is 0 Å². The van der Waals surface area contributed by atoms with Gasteiger partial charge in [0, 0.05) is 24.0 Å². The predicted octanol–water partition coefficient (Wildman–Crippen LogP) is 5.14. The van der Waals surface area contributed by atoms with Crippen LogP contribution in [0.1, 0.15) is 43.4 Å². The highest BCUT2D eigenvalue weighted by molar-refractivity contribution is 6.02. The van der Waals surface area contributed by atoms with E-state index in [9.17, 15) is 0 Å². The van der Waals surface area contributed by atoms with E-state index in [0.717, 1.165) is 25.2 Å². The van der Waals surface area contributed by atoms with E-state index < -0.39 is 0 Å². The van der Waals surface area contributed by atoms with Crippen molar-refractivity contribution in [3.63, 3.8) is 0 Å². The van der Waals surface area contributed by atoms with Gasteiger partial charge >= 0.3 is 0 Å². The predicted molar refractivity (Wildman–Crippen MR) is 96.1 cm³/mol. The number of nitrogens with zero attached hydrogens (tertiary/aromatic N) is 2. The molecule has 116 valence electrons. The molecular weight excluding hydrogens is 268 g/mol. The maximum atomic E-state index is 4.63. The summed E-state index contributed by atoms with van der Waals surface area (Å²) in [6, 6.07) is 6.53. The first kappa shape index (κ1) is 16.3. The first-order valence-corrected chi connectivity index (χ1v) is 7.98. The number of likely N-dealkylation sites (tertiary alicyclic amines) is 1. The molecule has 2 heteroatoms. The van der Waals surface area contributed by atoms with Crippen LogP contribution in [-0.2, 0) is 0 Å². The summed E-state index contributed by atoms with van der Waals surface area (Å²) in [4.78, 5) is 6.96. The van der Waals surface area contributed by atoms with Gasteiger partial charge in [-0.05, 0) is 57.7 Å². The Morgan fingerprint density at radius 2 is 2.00 bits per heavy atom. The van der Waals surface area contributed by atoms with Crippen molar-refractivity contribution in [3.8, 4) is 0 Å². The lowest BCUT2D eigenvalue weighted by Crippen LogP contribution is -2.36. The molecule has 0 bridgehead atoms. The zero-order chi connectivity index (χ0) is 16.1. The highest BCUT2D eigenvalue weighted by Crippen LogP contribution is 2.29. The van der Waals surface area contributed by atoms with Gasteiger partial charge in [-0.2, -0.15) is 0 Å². The van der Waals surface area contributed by atoms with Crippen LogP contribution in [0.3, 0.4) is 0 Å². The van der Waals surface area contributed by atoms with Crippen LogP contribution in [-0.4, -0.2) is 17.3 Å². The van der Waals surface area contributed by atoms with Gasteiger partial charge < -0.3 is 4.90 Å². The van der Waals surface area contributed by atoms with Gasteiger partial charge in [-0.3, -0.25) is 0 Å². The third-order valence-corrected chi connectivity index (χ3v) is 4.17. The van der Waals surface area contributed by atoms with Crippen molar-refractivity contribution >= 4 is 5.84 Å². The normalized spacial score (nSPS) is 19.8. The van der Waals surface area contributed by atoms with Gasteiger partial charge in [0.05, 0.1) is 0 Å². The number of amidine groups is 1. The number of hydrogen-bond donors (Lipinski definition) is 0. The molecule has 0 spiro atoms. The molecule has 0 amide bonds. The Balaban J connectivity index is 2.55. The zero-order valence-electron chi connectivity index (χ0n) is 14.2. The lowest BCUT2D eigenvalue weighted by molar-refractivity contribution is 0.461. The summed E-state index contributed by atoms with van der Waals surface area (Å²) in [5.41, 5.74) is 6.36. The number of rotatable bonds is 2. The number of aryl methyl sites for hydroxylation is 2. The Bertz CT molecular complexity index is 648. The van der Waals surface area contributed by atoms with Crippen LogP contribution in [0.4, 0.5) is 0 Å². The molecule has 0 radical (unpaired) electrons. The van der Waals surface area contributed by atoms with Crippen molar-refractivity contribution in [3.05, 3.63) is 71.1 Å². The molecule has 2 nitrogen and oxygen atoms in total. The zero-order valence-corrected chi connectivity index (χ0v) is 14.2. The first-order chi connectivity index (χ1) is 10.6. The molecule has 0 aliphatic carbocycles. The summed E-state index contributed by atoms with van der Waals surface area (Å²) in [6.07, 6.45) is 8.35. The summed E-state index contributed by atoms with van der Waals surface area (Å²) in [7, 11) is 0. The first-order valence-electron chi connectivity index (χ1n) is 7.98. The van der Waals surface area contributed by atoms with E-state index in [1.807, 2.05) is 0 Å². The lowest BCUT2D eigenvalue weighted by Gasteiger charge is -2.34. The van der Waals surface area contributed by atoms with Crippen molar-refractivity contribution in [1.29, 1.82) is 0 Å². The summed E-state index contributed by atoms with van der Waals surface area (Å²) < 4.78 is 0. The topological polar surface area (TPSA) is 15.6 Å². The van der Waals surface area contributed by atoms with Crippen molar-refractivity contribution in [2.75, 3.05) is 6.54 Å². The van der Waals surface area contributed by atoms with Crippen molar-refractivity contribution in [1.82, 2.24) is 4.90 Å². The maximum absolute atomic E-state index is 4.63. The van der Waals surface area contributed by atoms with E-state index in [4.69, 9.17) is 0 Å². The average molecular weight is 294 g/mol. The number of benzene rings is 1. The second-order valence-electron chi connectivity index (χ2n) is 5.70. The molecule has 1 aromatic rings. The van der Waals surface area contributed by atoms with Gasteiger partial charge in [0.1, 0.15) is 5.84 Å². The van der Waals surface area contributed by atoms with E-state index in [1.165, 1.54) is 28.0 Å². The fourth-order valence-corrected chi connectivity index (χ4v) is 3.05. The molecule has 1 aliphatic heterocycles. The van der Waals surface area contributed by atoms with Crippen molar-refractivity contribution < 1.29 is 0 Å². The monoisotopic (exact) mass is 294 g/mol. The molecule has 0 saturated carbocycles. The standard InChI is InChI=1S/C20H26N2/c1-6-17-10-9-13-22(19(17)7-2)20(21-8-3)18-14-15(4)11-12-16(18)5/h6-8,11-12,14H,3,9-10,13H2,1-2,4-5H3. The molecule has 1 fully saturated rings. The third kappa shape index (κ3) is 3.22. The summed E-state index contributed by atoms with van der Waals surface area (Å²) in [5, 5.41) is 0. The summed E-state index contributed by atoms with van der Waals surface area (Å²) in [5.74, 6) is 1.00. The van der Waals surface area contributed by atoms with Crippen LogP contribution in [0.5, 0.6) is 0 Å². The molecule has 0 aromatic heterocycles. The van der Waals surface area contributed by atoms with Gasteiger partial charge in [-0.25, -0.2) is 4.99 Å². The smallest absolute Gasteiger partial charge is 0.140 e. The van der Waals surface area contributed by atoms with Crippen LogP contribution in [0.2, 0.25) is 0 Å². The molecule has 0 N–H and O–H groups in total. The minimum Gasteiger partial charge on any atom is -0.326 e. The van der Waals surface area contributed by atoms with Crippen molar-refractivity contribution in [2.24, 2.45) is 4.99 Å². The number of aliphatic imine (C=N–C) groups is 1. The summed E-state index contributed by atoms with van der Waals surface area (Å²) >= 11 is 0. The Morgan fingerprint density at radius 3 is 2.64 bits per heavy atom. The molecular formula is C20H26N2. The van der Waals surface area contributed by atoms with Gasteiger partial charge in [-0.15, -0.1) is 0 Å². The minimum atomic E-state index is 0.997. The average Bonchev–Trinajstić information content (AvgIpc) is 2.54. The van der Waals surface area contributed by atoms with Crippen LogP contribution in [0.15, 0.2) is 59.4 Å². The highest BCUT2D eigenvalue weighted by Gasteiger charge is 2.24. The molecule has 0 unspecified atom stereocenters. The molecule has 1 aliphatic rings. The largest absolute Gasteiger partial charge is 0.326 e. The van der Waals surface area contributed by atoms with Crippen LogP contribution in [0.25, 0.3) is 0 Å². The SMILES string of the molecule is C=CN=C(c1cc(C)ccc1C)N1CCCC(=CC)C1=CC. The van der Waals surface area contributed by atoms with E-state index in [0.29, 0.717) is 0 Å². The van der Waals surface area contributed by atoms with Gasteiger partial charge in [0.25, 0.3) is 0 Å². The fraction of sp³-hybridized carbons (Fsp3) is 0.350. The third-order valence-electron chi connectivity index (χ3n) is 4.17. The Hall–Kier alpha value is -2.09. The quantitative estimate of drug-likeness (QED) is 0.544.